The largest absolute Gasteiger partial charge is 0.352 e. The van der Waals surface area contributed by atoms with E-state index in [1.54, 1.807) is 13.8 Å². The zero-order valence-electron chi connectivity index (χ0n) is 9.96. The summed E-state index contributed by atoms with van der Waals surface area (Å²) in [6, 6.07) is 2.14. The SMILES string of the molecule is CCSCCC(C)NC(=O)C(C)(C)C#N. The van der Waals surface area contributed by atoms with E-state index in [0.717, 1.165) is 17.9 Å². The lowest BCUT2D eigenvalue weighted by molar-refractivity contribution is -0.127. The molecule has 15 heavy (non-hydrogen) atoms. The Hall–Kier alpha value is -0.690. The summed E-state index contributed by atoms with van der Waals surface area (Å²) in [6.45, 7) is 7.36. The van der Waals surface area contributed by atoms with Gasteiger partial charge < -0.3 is 5.32 Å². The predicted octanol–water partition coefficient (Wildman–Crippen LogP) is 2.18. The van der Waals surface area contributed by atoms with E-state index in [2.05, 4.69) is 12.2 Å². The zero-order valence-corrected chi connectivity index (χ0v) is 10.8. The van der Waals surface area contributed by atoms with Crippen molar-refractivity contribution < 1.29 is 4.79 Å². The molecule has 0 saturated carbocycles. The Balaban J connectivity index is 3.92. The quantitative estimate of drug-likeness (QED) is 0.709. The number of carbonyl (C=O) groups excluding carboxylic acids is 1. The van der Waals surface area contributed by atoms with Crippen LogP contribution in [0, 0.1) is 16.7 Å². The van der Waals surface area contributed by atoms with Crippen LogP contribution in [-0.4, -0.2) is 23.5 Å². The average Bonchev–Trinajstić information content (AvgIpc) is 2.18. The molecule has 0 fully saturated rings. The molecule has 1 unspecified atom stereocenters. The van der Waals surface area contributed by atoms with Crippen molar-refractivity contribution >= 4 is 17.7 Å². The summed E-state index contributed by atoms with van der Waals surface area (Å²) < 4.78 is 0. The Morgan fingerprint density at radius 1 is 1.60 bits per heavy atom. The molecule has 1 amide bonds. The van der Waals surface area contributed by atoms with Crippen LogP contribution >= 0.6 is 11.8 Å². The zero-order chi connectivity index (χ0) is 11.9. The maximum atomic E-state index is 11.6. The van der Waals surface area contributed by atoms with Gasteiger partial charge in [0.15, 0.2) is 0 Å². The second kappa shape index (κ2) is 6.73. The van der Waals surface area contributed by atoms with Gasteiger partial charge in [0.05, 0.1) is 6.07 Å². The van der Waals surface area contributed by atoms with Gasteiger partial charge in [-0.05, 0) is 38.7 Å². The highest BCUT2D eigenvalue weighted by atomic mass is 32.2. The first-order valence-corrected chi connectivity index (χ1v) is 6.39. The van der Waals surface area contributed by atoms with Crippen molar-refractivity contribution in [1.82, 2.24) is 5.32 Å². The van der Waals surface area contributed by atoms with Crippen LogP contribution in [0.1, 0.15) is 34.1 Å². The summed E-state index contributed by atoms with van der Waals surface area (Å²) in [5.41, 5.74) is -0.924. The summed E-state index contributed by atoms with van der Waals surface area (Å²) >= 11 is 1.86. The molecule has 0 spiro atoms. The molecule has 0 aromatic carbocycles. The fourth-order valence-electron chi connectivity index (χ4n) is 0.932. The van der Waals surface area contributed by atoms with E-state index in [-0.39, 0.29) is 11.9 Å². The molecule has 0 aliphatic carbocycles. The second-order valence-electron chi connectivity index (χ2n) is 4.10. The Morgan fingerprint density at radius 2 is 2.20 bits per heavy atom. The Labute approximate surface area is 96.6 Å². The van der Waals surface area contributed by atoms with E-state index in [4.69, 9.17) is 5.26 Å². The van der Waals surface area contributed by atoms with Crippen LogP contribution in [0.4, 0.5) is 0 Å². The molecule has 86 valence electrons. The molecule has 3 nitrogen and oxygen atoms in total. The summed E-state index contributed by atoms with van der Waals surface area (Å²) in [6.07, 6.45) is 0.950. The van der Waals surface area contributed by atoms with Crippen molar-refractivity contribution in [2.45, 2.75) is 40.2 Å². The average molecular weight is 228 g/mol. The van der Waals surface area contributed by atoms with Gasteiger partial charge in [-0.3, -0.25) is 4.79 Å². The topological polar surface area (TPSA) is 52.9 Å². The van der Waals surface area contributed by atoms with Crippen LogP contribution in [0.2, 0.25) is 0 Å². The van der Waals surface area contributed by atoms with Gasteiger partial charge in [-0.1, -0.05) is 6.92 Å². The molecule has 0 heterocycles. The summed E-state index contributed by atoms with van der Waals surface area (Å²) in [5, 5.41) is 11.6. The lowest BCUT2D eigenvalue weighted by Crippen LogP contribution is -2.41. The second-order valence-corrected chi connectivity index (χ2v) is 5.49. The van der Waals surface area contributed by atoms with Gasteiger partial charge >= 0.3 is 0 Å². The van der Waals surface area contributed by atoms with E-state index < -0.39 is 5.41 Å². The fraction of sp³-hybridized carbons (Fsp3) is 0.818. The lowest BCUT2D eigenvalue weighted by Gasteiger charge is -2.19. The molecule has 4 heteroatoms. The van der Waals surface area contributed by atoms with Crippen molar-refractivity contribution in [3.8, 4) is 6.07 Å². The van der Waals surface area contributed by atoms with Gasteiger partial charge in [0, 0.05) is 6.04 Å². The number of nitrogens with zero attached hydrogens (tertiary/aromatic N) is 1. The highest BCUT2D eigenvalue weighted by Crippen LogP contribution is 2.13. The van der Waals surface area contributed by atoms with Crippen LogP contribution in [0.15, 0.2) is 0 Å². The number of hydrogen-bond acceptors (Lipinski definition) is 3. The molecule has 1 atom stereocenters. The first-order chi connectivity index (χ1) is 6.94. The van der Waals surface area contributed by atoms with Crippen LogP contribution < -0.4 is 5.32 Å². The maximum absolute atomic E-state index is 11.6. The Kier molecular flexibility index (Phi) is 6.42. The number of nitriles is 1. The predicted molar refractivity (Wildman–Crippen MR) is 64.6 cm³/mol. The Bertz CT molecular complexity index is 245. The van der Waals surface area contributed by atoms with Gasteiger partial charge in [0.1, 0.15) is 5.41 Å². The molecule has 0 aromatic heterocycles. The van der Waals surface area contributed by atoms with Crippen LogP contribution in [0.3, 0.4) is 0 Å². The van der Waals surface area contributed by atoms with Crippen molar-refractivity contribution in [3.05, 3.63) is 0 Å². The summed E-state index contributed by atoms with van der Waals surface area (Å²) in [4.78, 5) is 11.6. The monoisotopic (exact) mass is 228 g/mol. The molecule has 0 radical (unpaired) electrons. The van der Waals surface area contributed by atoms with Gasteiger partial charge in [0.2, 0.25) is 5.91 Å². The third kappa shape index (κ3) is 5.68. The first-order valence-electron chi connectivity index (χ1n) is 5.24. The molecule has 0 rings (SSSR count). The number of amides is 1. The van der Waals surface area contributed by atoms with E-state index in [0.29, 0.717) is 0 Å². The first kappa shape index (κ1) is 14.3. The fourth-order valence-corrected chi connectivity index (χ4v) is 1.74. The van der Waals surface area contributed by atoms with Crippen molar-refractivity contribution in [1.29, 1.82) is 5.26 Å². The third-order valence-corrected chi connectivity index (χ3v) is 3.06. The minimum atomic E-state index is -0.924. The number of nitrogens with one attached hydrogen (secondary N) is 1. The van der Waals surface area contributed by atoms with E-state index in [1.807, 2.05) is 24.8 Å². The normalized spacial score (nSPS) is 13.0. The number of rotatable bonds is 6. The minimum absolute atomic E-state index is 0.143. The molecule has 0 aromatic rings. The summed E-state index contributed by atoms with van der Waals surface area (Å²) in [5.74, 6) is 1.97. The van der Waals surface area contributed by atoms with Crippen molar-refractivity contribution in [2.75, 3.05) is 11.5 Å². The number of hydrogen-bond donors (Lipinski definition) is 1. The van der Waals surface area contributed by atoms with Gasteiger partial charge in [-0.15, -0.1) is 0 Å². The van der Waals surface area contributed by atoms with Gasteiger partial charge in [-0.2, -0.15) is 17.0 Å². The number of thioether (sulfide) groups is 1. The third-order valence-electron chi connectivity index (χ3n) is 2.12. The highest BCUT2D eigenvalue weighted by molar-refractivity contribution is 7.99. The van der Waals surface area contributed by atoms with Crippen LogP contribution in [-0.2, 0) is 4.79 Å². The Morgan fingerprint density at radius 3 is 2.67 bits per heavy atom. The van der Waals surface area contributed by atoms with Gasteiger partial charge in [-0.25, -0.2) is 0 Å². The van der Waals surface area contributed by atoms with E-state index >= 15 is 0 Å². The standard InChI is InChI=1S/C11H20N2OS/c1-5-15-7-6-9(2)13-10(14)11(3,4)8-12/h9H,5-7H2,1-4H3,(H,13,14). The lowest BCUT2D eigenvalue weighted by atomic mass is 9.94. The van der Waals surface area contributed by atoms with Crippen molar-refractivity contribution in [3.63, 3.8) is 0 Å². The molecule has 0 bridgehead atoms. The van der Waals surface area contributed by atoms with Crippen molar-refractivity contribution in [2.24, 2.45) is 5.41 Å². The minimum Gasteiger partial charge on any atom is -0.352 e. The van der Waals surface area contributed by atoms with Gasteiger partial charge in [0.25, 0.3) is 0 Å². The van der Waals surface area contributed by atoms with Crippen LogP contribution in [0.25, 0.3) is 0 Å². The van der Waals surface area contributed by atoms with Crippen LogP contribution in [0.5, 0.6) is 0 Å². The van der Waals surface area contributed by atoms with E-state index in [1.165, 1.54) is 0 Å². The number of carbonyl (C=O) groups is 1. The van der Waals surface area contributed by atoms with E-state index in [9.17, 15) is 4.79 Å². The molecule has 0 aliphatic heterocycles. The maximum Gasteiger partial charge on any atom is 0.240 e. The summed E-state index contributed by atoms with van der Waals surface area (Å²) in [7, 11) is 0. The molecular weight excluding hydrogens is 208 g/mol. The molecular formula is C11H20N2OS. The molecule has 0 aliphatic rings. The highest BCUT2D eigenvalue weighted by Gasteiger charge is 2.27. The smallest absolute Gasteiger partial charge is 0.240 e. The molecule has 0 saturated heterocycles. The molecule has 1 N–H and O–H groups in total.